The molecule has 0 aromatic heterocycles. The summed E-state index contributed by atoms with van der Waals surface area (Å²) in [6.45, 7) is 2.10. The molecule has 1 aromatic rings. The number of hydrogen-bond acceptors (Lipinski definition) is 3. The number of nitrogens with zero attached hydrogens (tertiary/aromatic N) is 2. The average Bonchev–Trinajstić information content (AvgIpc) is 2.37. The van der Waals surface area contributed by atoms with E-state index in [-0.39, 0.29) is 18.9 Å². The maximum atomic E-state index is 13.2. The number of rotatable bonds is 3. The van der Waals surface area contributed by atoms with Gasteiger partial charge in [0.25, 0.3) is 5.91 Å². The van der Waals surface area contributed by atoms with Crippen molar-refractivity contribution in [3.8, 4) is 11.8 Å². The van der Waals surface area contributed by atoms with Gasteiger partial charge in [-0.25, -0.2) is 4.39 Å². The Balaban J connectivity index is 2.39. The lowest BCUT2D eigenvalue weighted by Crippen LogP contribution is -2.46. The molecule has 1 atom stereocenters. The van der Waals surface area contributed by atoms with Crippen molar-refractivity contribution in [2.24, 2.45) is 0 Å². The van der Waals surface area contributed by atoms with Crippen molar-refractivity contribution in [1.82, 2.24) is 0 Å². The lowest BCUT2D eigenvalue weighted by atomic mass is 10.1. The second kappa shape index (κ2) is 5.05. The predicted molar refractivity (Wildman–Crippen MR) is 63.7 cm³/mol. The number of amides is 1. The number of hydrogen-bond donors (Lipinski definition) is 0. The minimum atomic E-state index is -0.554. The Morgan fingerprint density at radius 3 is 3.00 bits per heavy atom. The second-order valence-corrected chi connectivity index (χ2v) is 4.02. The summed E-state index contributed by atoms with van der Waals surface area (Å²) >= 11 is 0. The molecule has 0 saturated heterocycles. The minimum Gasteiger partial charge on any atom is -0.478 e. The monoisotopic (exact) mass is 248 g/mol. The molecule has 0 fully saturated rings. The van der Waals surface area contributed by atoms with E-state index in [0.29, 0.717) is 17.9 Å². The zero-order chi connectivity index (χ0) is 13.1. The third kappa shape index (κ3) is 2.14. The van der Waals surface area contributed by atoms with Gasteiger partial charge in [-0.2, -0.15) is 5.26 Å². The lowest BCUT2D eigenvalue weighted by molar-refractivity contribution is -0.126. The van der Waals surface area contributed by atoms with E-state index in [4.69, 9.17) is 10.00 Å². The standard InChI is InChI=1S/C13H13FN2O2/c1-2-11-13(17)16(7-3-6-15)10-8-9(14)4-5-12(10)18-11/h4-5,8,11H,2-3,7H2,1H3. The number of benzene rings is 1. The first-order chi connectivity index (χ1) is 8.67. The van der Waals surface area contributed by atoms with Crippen molar-refractivity contribution >= 4 is 11.6 Å². The van der Waals surface area contributed by atoms with Gasteiger partial charge in [0.2, 0.25) is 0 Å². The number of anilines is 1. The number of fused-ring (bicyclic) bond motifs is 1. The summed E-state index contributed by atoms with van der Waals surface area (Å²) in [6, 6.07) is 6.05. The number of carbonyl (C=O) groups is 1. The zero-order valence-corrected chi connectivity index (χ0v) is 10.0. The molecule has 5 heteroatoms. The van der Waals surface area contributed by atoms with Gasteiger partial charge in [-0.15, -0.1) is 0 Å². The van der Waals surface area contributed by atoms with E-state index in [2.05, 4.69) is 0 Å². The molecule has 1 unspecified atom stereocenters. The van der Waals surface area contributed by atoms with Crippen LogP contribution in [0, 0.1) is 17.1 Å². The molecule has 1 aliphatic rings. The first-order valence-electron chi connectivity index (χ1n) is 5.82. The van der Waals surface area contributed by atoms with Crippen molar-refractivity contribution in [2.45, 2.75) is 25.9 Å². The Morgan fingerprint density at radius 2 is 2.33 bits per heavy atom. The third-order valence-corrected chi connectivity index (χ3v) is 2.84. The van der Waals surface area contributed by atoms with Gasteiger partial charge in [-0.05, 0) is 18.6 Å². The third-order valence-electron chi connectivity index (χ3n) is 2.84. The largest absolute Gasteiger partial charge is 0.478 e. The molecule has 1 aliphatic heterocycles. The fourth-order valence-electron chi connectivity index (χ4n) is 1.95. The maximum absolute atomic E-state index is 13.2. The molecule has 0 N–H and O–H groups in total. The molecule has 18 heavy (non-hydrogen) atoms. The molecule has 1 aromatic carbocycles. The molecule has 0 aliphatic carbocycles. The van der Waals surface area contributed by atoms with Crippen LogP contribution in [0.15, 0.2) is 18.2 Å². The van der Waals surface area contributed by atoms with Gasteiger partial charge in [0.05, 0.1) is 18.2 Å². The summed E-state index contributed by atoms with van der Waals surface area (Å²) in [6.07, 6.45) is 0.193. The van der Waals surface area contributed by atoms with Crippen molar-refractivity contribution in [3.63, 3.8) is 0 Å². The van der Waals surface area contributed by atoms with E-state index < -0.39 is 11.9 Å². The highest BCUT2D eigenvalue weighted by Gasteiger charge is 2.33. The van der Waals surface area contributed by atoms with Crippen molar-refractivity contribution < 1.29 is 13.9 Å². The number of carbonyl (C=O) groups excluding carboxylic acids is 1. The lowest BCUT2D eigenvalue weighted by Gasteiger charge is -2.33. The number of ether oxygens (including phenoxy) is 1. The van der Waals surface area contributed by atoms with Crippen LogP contribution >= 0.6 is 0 Å². The molecule has 94 valence electrons. The Hall–Kier alpha value is -2.09. The highest BCUT2D eigenvalue weighted by molar-refractivity contribution is 6.00. The summed E-state index contributed by atoms with van der Waals surface area (Å²) in [7, 11) is 0. The number of halogens is 1. The normalized spacial score (nSPS) is 17.9. The van der Waals surface area contributed by atoms with Crippen LogP contribution < -0.4 is 9.64 Å². The maximum Gasteiger partial charge on any atom is 0.268 e. The summed E-state index contributed by atoms with van der Waals surface area (Å²) in [4.78, 5) is 13.5. The summed E-state index contributed by atoms with van der Waals surface area (Å²) in [5.74, 6) is -0.159. The van der Waals surface area contributed by atoms with Gasteiger partial charge in [0, 0.05) is 12.6 Å². The summed E-state index contributed by atoms with van der Waals surface area (Å²) in [5.41, 5.74) is 0.403. The molecular weight excluding hydrogens is 235 g/mol. The molecule has 0 spiro atoms. The first kappa shape index (κ1) is 12.4. The van der Waals surface area contributed by atoms with Crippen molar-refractivity contribution in [1.29, 1.82) is 5.26 Å². The molecule has 2 rings (SSSR count). The predicted octanol–water partition coefficient (Wildman–Crippen LogP) is 2.24. The summed E-state index contributed by atoms with van der Waals surface area (Å²) in [5, 5.41) is 8.62. The smallest absolute Gasteiger partial charge is 0.268 e. The van der Waals surface area contributed by atoms with Gasteiger partial charge in [-0.1, -0.05) is 6.92 Å². The van der Waals surface area contributed by atoms with Crippen LogP contribution in [-0.4, -0.2) is 18.6 Å². The van der Waals surface area contributed by atoms with Crippen LogP contribution in [0.2, 0.25) is 0 Å². The molecule has 4 nitrogen and oxygen atoms in total. The highest BCUT2D eigenvalue weighted by atomic mass is 19.1. The molecule has 0 radical (unpaired) electrons. The second-order valence-electron chi connectivity index (χ2n) is 4.02. The van der Waals surface area contributed by atoms with Crippen LogP contribution in [0.5, 0.6) is 5.75 Å². The molecule has 1 amide bonds. The Labute approximate surface area is 105 Å². The Bertz CT molecular complexity index is 510. The van der Waals surface area contributed by atoms with E-state index in [0.717, 1.165) is 0 Å². The minimum absolute atomic E-state index is 0.206. The average molecular weight is 248 g/mol. The summed E-state index contributed by atoms with van der Waals surface area (Å²) < 4.78 is 18.8. The van der Waals surface area contributed by atoms with Crippen LogP contribution in [0.3, 0.4) is 0 Å². The molecule has 0 bridgehead atoms. The first-order valence-corrected chi connectivity index (χ1v) is 5.82. The zero-order valence-electron chi connectivity index (χ0n) is 10.0. The van der Waals surface area contributed by atoms with Gasteiger partial charge < -0.3 is 9.64 Å². The Kier molecular flexibility index (Phi) is 3.47. The quantitative estimate of drug-likeness (QED) is 0.824. The number of nitriles is 1. The molecular formula is C13H13FN2O2. The van der Waals surface area contributed by atoms with Gasteiger partial charge in [0.15, 0.2) is 6.10 Å². The fourth-order valence-corrected chi connectivity index (χ4v) is 1.95. The van der Waals surface area contributed by atoms with Crippen LogP contribution in [0.25, 0.3) is 0 Å². The topological polar surface area (TPSA) is 53.3 Å². The van der Waals surface area contributed by atoms with Crippen molar-refractivity contribution in [2.75, 3.05) is 11.4 Å². The van der Waals surface area contributed by atoms with Crippen LogP contribution in [0.1, 0.15) is 19.8 Å². The van der Waals surface area contributed by atoms with E-state index in [1.807, 2.05) is 13.0 Å². The Morgan fingerprint density at radius 1 is 1.56 bits per heavy atom. The van der Waals surface area contributed by atoms with E-state index >= 15 is 0 Å². The van der Waals surface area contributed by atoms with E-state index in [1.54, 1.807) is 0 Å². The molecule has 0 saturated carbocycles. The van der Waals surface area contributed by atoms with Crippen molar-refractivity contribution in [3.05, 3.63) is 24.0 Å². The van der Waals surface area contributed by atoms with Gasteiger partial charge in [0.1, 0.15) is 11.6 Å². The SMILES string of the molecule is CCC1Oc2ccc(F)cc2N(CCC#N)C1=O. The fraction of sp³-hybridized carbons (Fsp3) is 0.385. The highest BCUT2D eigenvalue weighted by Crippen LogP contribution is 2.35. The molecule has 1 heterocycles. The van der Waals surface area contributed by atoms with E-state index in [1.165, 1.54) is 23.1 Å². The van der Waals surface area contributed by atoms with Gasteiger partial charge in [-0.3, -0.25) is 4.79 Å². The van der Waals surface area contributed by atoms with E-state index in [9.17, 15) is 9.18 Å². The van der Waals surface area contributed by atoms with Gasteiger partial charge >= 0.3 is 0 Å². The van der Waals surface area contributed by atoms with Crippen LogP contribution in [0.4, 0.5) is 10.1 Å². The van der Waals surface area contributed by atoms with Crippen LogP contribution in [-0.2, 0) is 4.79 Å².